The number of methoxy groups -OCH3 is 1. The van der Waals surface area contributed by atoms with Crippen LogP contribution in [0.3, 0.4) is 0 Å². The number of rotatable bonds is 3. The van der Waals surface area contributed by atoms with E-state index in [0.29, 0.717) is 21.9 Å². The maximum Gasteiger partial charge on any atom is 0.346 e. The minimum absolute atomic E-state index is 0.166. The molecule has 24 heavy (non-hydrogen) atoms. The zero-order valence-electron chi connectivity index (χ0n) is 12.8. The zero-order valence-corrected chi connectivity index (χ0v) is 13.5. The van der Waals surface area contributed by atoms with Crippen molar-refractivity contribution in [2.24, 2.45) is 0 Å². The zero-order chi connectivity index (χ0) is 17.1. The van der Waals surface area contributed by atoms with Crippen molar-refractivity contribution >= 4 is 35.7 Å². The van der Waals surface area contributed by atoms with Crippen LogP contribution in [0.1, 0.15) is 11.1 Å². The third-order valence-corrected chi connectivity index (χ3v) is 3.90. The van der Waals surface area contributed by atoms with Gasteiger partial charge in [0.15, 0.2) is 0 Å². The van der Waals surface area contributed by atoms with Crippen LogP contribution in [0.25, 0.3) is 12.2 Å². The summed E-state index contributed by atoms with van der Waals surface area (Å²) in [5.41, 5.74) is 1.64. The Morgan fingerprint density at radius 3 is 2.04 bits per heavy atom. The summed E-state index contributed by atoms with van der Waals surface area (Å²) >= 11 is 6.12. The van der Waals surface area contributed by atoms with Crippen LogP contribution in [-0.2, 0) is 14.3 Å². The van der Waals surface area contributed by atoms with Gasteiger partial charge in [0.05, 0.1) is 18.3 Å². The molecule has 0 aliphatic carbocycles. The molecular weight excluding hydrogens is 328 g/mol. The number of hydrogen-bond donors (Lipinski definition) is 0. The largest absolute Gasteiger partial charge is 0.496 e. The molecule has 2 aromatic rings. The molecule has 1 heterocycles. The molecule has 0 N–H and O–H groups in total. The van der Waals surface area contributed by atoms with Crippen LogP contribution < -0.4 is 4.74 Å². The number of ether oxygens (including phenoxy) is 2. The van der Waals surface area contributed by atoms with Crippen LogP contribution in [0.5, 0.6) is 5.75 Å². The van der Waals surface area contributed by atoms with Crippen LogP contribution in [0.2, 0.25) is 5.02 Å². The second-order valence-electron chi connectivity index (χ2n) is 5.06. The summed E-state index contributed by atoms with van der Waals surface area (Å²) in [4.78, 5) is 24.1. The number of halogens is 1. The number of carbonyl (C=O) groups excluding carboxylic acids is 2. The summed E-state index contributed by atoms with van der Waals surface area (Å²) < 4.78 is 10.0. The molecule has 0 amide bonds. The molecule has 1 saturated heterocycles. The minimum Gasteiger partial charge on any atom is -0.496 e. The highest BCUT2D eigenvalue weighted by molar-refractivity contribution is 6.32. The third kappa shape index (κ3) is 3.09. The van der Waals surface area contributed by atoms with Gasteiger partial charge in [-0.2, -0.15) is 0 Å². The number of cyclic esters (lactones) is 2. The average molecular weight is 341 g/mol. The van der Waals surface area contributed by atoms with Crippen molar-refractivity contribution < 1.29 is 19.1 Å². The number of benzene rings is 2. The molecule has 0 bridgehead atoms. The maximum atomic E-state index is 12.0. The van der Waals surface area contributed by atoms with E-state index in [1.165, 1.54) is 7.11 Å². The second kappa shape index (κ2) is 6.72. The van der Waals surface area contributed by atoms with E-state index in [-0.39, 0.29) is 11.1 Å². The topological polar surface area (TPSA) is 52.6 Å². The minimum atomic E-state index is -0.693. The van der Waals surface area contributed by atoms with Crippen molar-refractivity contribution in [1.82, 2.24) is 0 Å². The van der Waals surface area contributed by atoms with Crippen molar-refractivity contribution in [2.75, 3.05) is 7.11 Å². The van der Waals surface area contributed by atoms with Gasteiger partial charge >= 0.3 is 11.9 Å². The van der Waals surface area contributed by atoms with Gasteiger partial charge in [0.2, 0.25) is 0 Å². The third-order valence-electron chi connectivity index (χ3n) is 3.56. The number of hydrogen-bond acceptors (Lipinski definition) is 4. The molecule has 5 heteroatoms. The first-order chi connectivity index (χ1) is 11.6. The molecule has 0 saturated carbocycles. The molecule has 1 aliphatic rings. The molecule has 0 unspecified atom stereocenters. The normalized spacial score (nSPS) is 17.4. The molecule has 120 valence electrons. The lowest BCUT2D eigenvalue weighted by molar-refractivity contribution is -0.149. The Kier molecular flexibility index (Phi) is 4.49. The predicted molar refractivity (Wildman–Crippen MR) is 91.5 cm³/mol. The van der Waals surface area contributed by atoms with Gasteiger partial charge in [0.1, 0.15) is 5.75 Å². The van der Waals surface area contributed by atoms with Gasteiger partial charge in [-0.25, -0.2) is 9.59 Å². The van der Waals surface area contributed by atoms with Crippen LogP contribution >= 0.6 is 11.6 Å². The fourth-order valence-electron chi connectivity index (χ4n) is 2.38. The van der Waals surface area contributed by atoms with Crippen LogP contribution in [0.4, 0.5) is 0 Å². The number of esters is 2. The molecule has 0 aromatic heterocycles. The van der Waals surface area contributed by atoms with Gasteiger partial charge < -0.3 is 9.47 Å². The molecule has 0 radical (unpaired) electrons. The highest BCUT2D eigenvalue weighted by atomic mass is 35.5. The monoisotopic (exact) mass is 340 g/mol. The van der Waals surface area contributed by atoms with E-state index in [1.54, 1.807) is 48.6 Å². The van der Waals surface area contributed by atoms with E-state index in [0.717, 1.165) is 0 Å². The Bertz CT molecular complexity index is 880. The SMILES string of the molecule is COc1ccccc1/C=C1/C(=O)OC(=O)/C1=C\c1ccccc1Cl. The summed E-state index contributed by atoms with van der Waals surface area (Å²) in [6, 6.07) is 14.2. The summed E-state index contributed by atoms with van der Waals surface area (Å²) in [7, 11) is 1.54. The van der Waals surface area contributed by atoms with Crippen molar-refractivity contribution in [1.29, 1.82) is 0 Å². The van der Waals surface area contributed by atoms with Crippen molar-refractivity contribution in [2.45, 2.75) is 0 Å². The Morgan fingerprint density at radius 2 is 1.42 bits per heavy atom. The van der Waals surface area contributed by atoms with E-state index in [4.69, 9.17) is 21.1 Å². The van der Waals surface area contributed by atoms with E-state index < -0.39 is 11.9 Å². The quantitative estimate of drug-likeness (QED) is 0.483. The molecule has 1 aliphatic heterocycles. The molecule has 2 aromatic carbocycles. The lowest BCUT2D eigenvalue weighted by Gasteiger charge is -2.04. The lowest BCUT2D eigenvalue weighted by Crippen LogP contribution is -1.97. The van der Waals surface area contributed by atoms with Crippen molar-refractivity contribution in [3.63, 3.8) is 0 Å². The Labute approximate surface area is 144 Å². The van der Waals surface area contributed by atoms with Crippen LogP contribution in [0, 0.1) is 0 Å². The van der Waals surface area contributed by atoms with Crippen molar-refractivity contribution in [3.05, 3.63) is 75.8 Å². The summed E-state index contributed by atoms with van der Waals surface area (Å²) in [5.74, 6) is -0.792. The molecule has 0 atom stereocenters. The first-order valence-corrected chi connectivity index (χ1v) is 7.56. The standard InChI is InChI=1S/C19H13ClO4/c1-23-17-9-5-3-7-13(17)11-15-14(18(21)24-19(15)22)10-12-6-2-4-8-16(12)20/h2-11H,1H3/b14-10-,15-11+. The van der Waals surface area contributed by atoms with Gasteiger partial charge in [-0.15, -0.1) is 0 Å². The van der Waals surface area contributed by atoms with Crippen molar-refractivity contribution in [3.8, 4) is 5.75 Å². The fourth-order valence-corrected chi connectivity index (χ4v) is 2.57. The summed E-state index contributed by atoms with van der Waals surface area (Å²) in [6.45, 7) is 0. The fraction of sp³-hybridized carbons (Fsp3) is 0.0526. The summed E-state index contributed by atoms with van der Waals surface area (Å²) in [6.07, 6.45) is 3.13. The number of carbonyl (C=O) groups is 2. The highest BCUT2D eigenvalue weighted by Gasteiger charge is 2.33. The molecule has 0 spiro atoms. The maximum absolute atomic E-state index is 12.0. The Hall–Kier alpha value is -2.85. The van der Waals surface area contributed by atoms with Gasteiger partial charge in [-0.1, -0.05) is 48.0 Å². The molecule has 1 fully saturated rings. The van der Waals surface area contributed by atoms with E-state index in [1.807, 2.05) is 12.1 Å². The van der Waals surface area contributed by atoms with Gasteiger partial charge in [0, 0.05) is 10.6 Å². The van der Waals surface area contributed by atoms with Gasteiger partial charge in [-0.05, 0) is 29.8 Å². The number of para-hydroxylation sites is 1. The highest BCUT2D eigenvalue weighted by Crippen LogP contribution is 2.30. The van der Waals surface area contributed by atoms with Gasteiger partial charge in [0.25, 0.3) is 0 Å². The average Bonchev–Trinajstić information content (AvgIpc) is 2.84. The molecule has 3 rings (SSSR count). The van der Waals surface area contributed by atoms with Crippen LogP contribution in [-0.4, -0.2) is 19.0 Å². The van der Waals surface area contributed by atoms with Crippen LogP contribution in [0.15, 0.2) is 59.7 Å². The van der Waals surface area contributed by atoms with E-state index >= 15 is 0 Å². The first-order valence-electron chi connectivity index (χ1n) is 7.18. The Balaban J connectivity index is 2.11. The predicted octanol–water partition coefficient (Wildman–Crippen LogP) is 3.90. The molecule has 4 nitrogen and oxygen atoms in total. The van der Waals surface area contributed by atoms with E-state index in [2.05, 4.69) is 0 Å². The lowest BCUT2D eigenvalue weighted by atomic mass is 10.0. The first kappa shape index (κ1) is 16.0. The van der Waals surface area contributed by atoms with Gasteiger partial charge in [-0.3, -0.25) is 0 Å². The Morgan fingerprint density at radius 1 is 0.875 bits per heavy atom. The molecular formula is C19H13ClO4. The second-order valence-corrected chi connectivity index (χ2v) is 5.46. The smallest absolute Gasteiger partial charge is 0.346 e. The van der Waals surface area contributed by atoms with E-state index in [9.17, 15) is 9.59 Å². The summed E-state index contributed by atoms with van der Waals surface area (Å²) in [5, 5.41) is 0.480.